The van der Waals surface area contributed by atoms with Gasteiger partial charge in [0, 0.05) is 16.2 Å². The molecule has 0 saturated carbocycles. The van der Waals surface area contributed by atoms with Crippen LogP contribution in [0.25, 0.3) is 153 Å². The van der Waals surface area contributed by atoms with Crippen LogP contribution >= 0.6 is 0 Å². The molecule has 0 amide bonds. The third-order valence-corrected chi connectivity index (χ3v) is 14.4. The van der Waals surface area contributed by atoms with Crippen molar-refractivity contribution >= 4 is 97.3 Å². The Labute approximate surface area is 477 Å². The van der Waals surface area contributed by atoms with Gasteiger partial charge in [0.2, 0.25) is 0 Å². The highest BCUT2D eigenvalue weighted by Gasteiger charge is 2.22. The lowest BCUT2D eigenvalue weighted by Crippen LogP contribution is -1.91. The van der Waals surface area contributed by atoms with Crippen molar-refractivity contribution < 1.29 is 34.6 Å². The predicted octanol–water partition coefficient (Wildman–Crippen LogP) is 21.7. The summed E-state index contributed by atoms with van der Waals surface area (Å²) in [5.74, 6) is 0. The highest BCUT2D eigenvalue weighted by Crippen LogP contribution is 2.49. The Balaban J connectivity index is 0.000000173. The first-order valence-corrected chi connectivity index (χ1v) is 24.8. The van der Waals surface area contributed by atoms with E-state index in [9.17, 15) is 6.85 Å². The van der Waals surface area contributed by atoms with Gasteiger partial charge in [0.05, 0.1) is 30.2 Å². The quantitative estimate of drug-likeness (QED) is 0.157. The van der Waals surface area contributed by atoms with Gasteiger partial charge < -0.3 is 4.42 Å². The van der Waals surface area contributed by atoms with Crippen LogP contribution in [-0.4, -0.2) is 0 Å². The van der Waals surface area contributed by atoms with Crippen molar-refractivity contribution in [1.29, 1.82) is 0 Å². The summed E-state index contributed by atoms with van der Waals surface area (Å²) in [7, 11) is 0. The van der Waals surface area contributed by atoms with Crippen LogP contribution < -0.4 is 0 Å². The Morgan fingerprint density at radius 1 is 0.247 bits per heavy atom. The number of hydrogen-bond acceptors (Lipinski definition) is 1. The molecule has 1 heterocycles. The van der Waals surface area contributed by atoms with Gasteiger partial charge in [-0.3, -0.25) is 0 Å². The minimum Gasteiger partial charge on any atom is -0.455 e. The Bertz CT molecular complexity index is 6150. The smallest absolute Gasteiger partial charge is 0.143 e. The zero-order valence-electron chi connectivity index (χ0n) is 62.4. The average molecular weight is 999 g/mol. The van der Waals surface area contributed by atoms with E-state index in [2.05, 4.69) is 158 Å². The largest absolute Gasteiger partial charge is 0.455 e. The molecule has 0 atom stereocenters. The van der Waals surface area contributed by atoms with E-state index in [1.807, 2.05) is 0 Å². The maximum atomic E-state index is 9.36. The Kier molecular flexibility index (Phi) is 6.56. The maximum absolute atomic E-state index is 9.36. The molecule has 0 unspecified atom stereocenters. The van der Waals surface area contributed by atoms with E-state index in [1.54, 1.807) is 0 Å². The number of rotatable bonds is 5. The predicted molar refractivity (Wildman–Crippen MR) is 330 cm³/mol. The summed E-state index contributed by atoms with van der Waals surface area (Å²) in [6.45, 7) is 0. The van der Waals surface area contributed by atoms with Crippen LogP contribution in [0.4, 0.5) is 0 Å². The van der Waals surface area contributed by atoms with Crippen molar-refractivity contribution in [1.82, 2.24) is 0 Å². The van der Waals surface area contributed by atoms with Crippen LogP contribution in [-0.2, 0) is 0 Å². The lowest BCUT2D eigenvalue weighted by Gasteiger charge is -2.19. The molecule has 77 heavy (non-hydrogen) atoms. The number of furan rings is 1. The molecule has 15 aromatic carbocycles. The molecule has 0 saturated heterocycles. The topological polar surface area (TPSA) is 13.1 Å². The molecule has 16 aromatic rings. The van der Waals surface area contributed by atoms with Crippen molar-refractivity contribution in [2.75, 3.05) is 0 Å². The fraction of sp³-hybridized carbons (Fsp3) is 0. The average Bonchev–Trinajstić information content (AvgIpc) is 1.67. The summed E-state index contributed by atoms with van der Waals surface area (Å²) in [6, 6.07) is 39.1. The molecule has 0 aliphatic heterocycles. The van der Waals surface area contributed by atoms with Gasteiger partial charge in [0.1, 0.15) is 11.2 Å². The summed E-state index contributed by atoms with van der Waals surface area (Å²) in [4.78, 5) is 0. The van der Waals surface area contributed by atoms with Crippen molar-refractivity contribution in [3.05, 3.63) is 291 Å². The minimum atomic E-state index is -0.907. The Hall–Kier alpha value is -10.1. The molecule has 16 rings (SSSR count). The van der Waals surface area contributed by atoms with E-state index in [-0.39, 0.29) is 0 Å². The van der Waals surface area contributed by atoms with Gasteiger partial charge in [-0.15, -0.1) is 0 Å². The zero-order chi connectivity index (χ0) is 70.0. The monoisotopic (exact) mass is 999 g/mol. The Morgan fingerprint density at radius 3 is 1.44 bits per heavy atom. The molecule has 0 aliphatic carbocycles. The van der Waals surface area contributed by atoms with Crippen molar-refractivity contribution in [2.45, 2.75) is 0 Å². The number of fused-ring (bicyclic) bond motifs is 11. The third-order valence-electron chi connectivity index (χ3n) is 14.4. The fourth-order valence-corrected chi connectivity index (χ4v) is 11.0. The Morgan fingerprint density at radius 2 is 0.753 bits per heavy atom. The van der Waals surface area contributed by atoms with Crippen molar-refractivity contribution in [2.24, 2.45) is 0 Å². The second-order valence-corrected chi connectivity index (χ2v) is 18.5. The first-order valence-electron chi connectivity index (χ1n) is 35.8. The van der Waals surface area contributed by atoms with Gasteiger partial charge in [0.15, 0.2) is 0 Å². The first kappa shape index (κ1) is 27.5. The molecule has 1 aromatic heterocycles. The zero-order valence-corrected chi connectivity index (χ0v) is 40.4. The van der Waals surface area contributed by atoms with E-state index in [0.29, 0.717) is 0 Å². The third kappa shape index (κ3) is 7.39. The summed E-state index contributed by atoms with van der Waals surface area (Å²) in [6.07, 6.45) is 0. The highest BCUT2D eigenvalue weighted by molar-refractivity contribution is 6.27. The summed E-state index contributed by atoms with van der Waals surface area (Å²) in [5, 5.41) is 6.05. The van der Waals surface area contributed by atoms with Crippen LogP contribution in [0, 0.1) is 0 Å². The van der Waals surface area contributed by atoms with Crippen LogP contribution in [0.15, 0.2) is 295 Å². The van der Waals surface area contributed by atoms with Gasteiger partial charge in [-0.1, -0.05) is 273 Å². The van der Waals surface area contributed by atoms with Crippen molar-refractivity contribution in [3.8, 4) is 55.6 Å². The van der Waals surface area contributed by atoms with Gasteiger partial charge in [-0.05, 0) is 144 Å². The summed E-state index contributed by atoms with van der Waals surface area (Å²) >= 11 is 0. The highest BCUT2D eigenvalue weighted by atomic mass is 16.3. The molecule has 1 nitrogen and oxygen atoms in total. The van der Waals surface area contributed by atoms with Gasteiger partial charge in [-0.25, -0.2) is 0 Å². The molecule has 0 aliphatic rings. The molecule has 0 radical (unpaired) electrons. The van der Waals surface area contributed by atoms with Gasteiger partial charge in [-0.2, -0.15) is 0 Å². The second kappa shape index (κ2) is 18.4. The maximum Gasteiger partial charge on any atom is 0.143 e. The van der Waals surface area contributed by atoms with E-state index < -0.39 is 209 Å². The van der Waals surface area contributed by atoms with Crippen LogP contribution in [0.5, 0.6) is 0 Å². The summed E-state index contributed by atoms with van der Waals surface area (Å²) < 4.78 is 200. The van der Waals surface area contributed by atoms with Crippen molar-refractivity contribution in [3.63, 3.8) is 0 Å². The van der Waals surface area contributed by atoms with E-state index >= 15 is 0 Å². The van der Waals surface area contributed by atoms with E-state index in [4.69, 9.17) is 27.7 Å². The molecule has 0 N–H and O–H groups in total. The standard InChI is InChI=1S/C40H26.C36H22O/c1-2-12-31-26-32(25-22-27(31)10-1)28-20-23-30(24-21-28)39-35-15-5-7-17-37(35)40(38-18-8-6-16-36(38)39)34-19-9-13-29-11-3-4-14-33(29)34;1-2-12-24(13-3-1)33-26-15-6-8-17-28(26)34(29-18-9-7-16-27(29)33)30-19-10-20-32-35(30)31-22-21-23-11-4-5-14-25(23)36(31)37-32/h1-26H;1-22H/i;1D,2D,3D,4D,5D,6D,7D,8D,9D,10D,11D,12D,13D,14D,15D,16D,17D,18D,19D,20D,21D,22D. The molecule has 358 valence electrons. The fourth-order valence-electron chi connectivity index (χ4n) is 11.0. The number of benzene rings is 15. The molecule has 0 bridgehead atoms. The molecule has 0 fully saturated rings. The van der Waals surface area contributed by atoms with Crippen LogP contribution in [0.1, 0.15) is 30.2 Å². The molecular formula is C76H48O. The molecule has 0 spiro atoms. The van der Waals surface area contributed by atoms with Crippen LogP contribution in [0.2, 0.25) is 0 Å². The lowest BCUT2D eigenvalue weighted by molar-refractivity contribution is 0.673. The van der Waals surface area contributed by atoms with Crippen LogP contribution in [0.3, 0.4) is 0 Å². The molecular weight excluding hydrogens is 929 g/mol. The first-order chi connectivity index (χ1) is 47.4. The number of hydrogen-bond donors (Lipinski definition) is 0. The lowest BCUT2D eigenvalue weighted by atomic mass is 9.84. The van der Waals surface area contributed by atoms with E-state index in [1.165, 1.54) is 76.5 Å². The SMILES string of the molecule is [2H]c1c([2H])c([2H])c(-c2c3c([2H])c([2H])c([2H])c([2H])c3c(-c3c([2H])c([2H])c([2H])c4oc5c6c([2H])c([2H])c([2H])c([2H])c6c([2H])c([2H])c5c34)c3c([2H])c([2H])c([2H])c([2H])c23)c([2H])c1[2H].c1ccc2cc(-c3ccc(-c4c5ccccc5c(-c5cccc6ccccc56)c5ccccc45)cc3)ccc2c1. The molecule has 1 heteroatoms. The van der Waals surface area contributed by atoms with E-state index in [0.717, 1.165) is 0 Å². The second-order valence-electron chi connectivity index (χ2n) is 18.5. The summed E-state index contributed by atoms with van der Waals surface area (Å²) in [5.41, 5.74) is 4.06. The minimum absolute atomic E-state index is 0.401. The van der Waals surface area contributed by atoms with Gasteiger partial charge >= 0.3 is 0 Å². The normalized spacial score (nSPS) is 15.6. The van der Waals surface area contributed by atoms with Gasteiger partial charge in [0.25, 0.3) is 0 Å².